The molecule has 0 aromatic rings. The number of nitrogens with two attached hydrogens (primary N) is 1. The molecule has 0 aliphatic rings. The van der Waals surface area contributed by atoms with Gasteiger partial charge in [-0.1, -0.05) is 0 Å². The van der Waals surface area contributed by atoms with E-state index < -0.39 is 25.5 Å². The molecule has 21 heavy (non-hydrogen) atoms. The zero-order valence-electron chi connectivity index (χ0n) is 13.3. The number of carbonyl (C=O) groups is 1. The molecule has 0 spiro atoms. The summed E-state index contributed by atoms with van der Waals surface area (Å²) in [6.07, 6.45) is 0.130. The first kappa shape index (κ1) is 20.7. The second kappa shape index (κ2) is 9.00. The molecular weight excluding hydrogens is 315 g/mol. The van der Waals surface area contributed by atoms with Crippen LogP contribution in [0.1, 0.15) is 33.6 Å². The molecule has 0 aromatic carbocycles. The Bertz CT molecular complexity index is 367. The van der Waals surface area contributed by atoms with Crippen LogP contribution in [0.5, 0.6) is 0 Å². The summed E-state index contributed by atoms with van der Waals surface area (Å²) < 4.78 is 26.6. The molecule has 9 heteroatoms. The lowest BCUT2D eigenvalue weighted by Gasteiger charge is -2.24. The van der Waals surface area contributed by atoms with Crippen LogP contribution in [-0.2, 0) is 18.3 Å². The number of thiol groups is 1. The maximum Gasteiger partial charge on any atom is 0.408 e. The van der Waals surface area contributed by atoms with Crippen molar-refractivity contribution in [3.63, 3.8) is 0 Å². The third-order valence-corrected chi connectivity index (χ3v) is 5.14. The topological polar surface area (TPSA) is 99.9 Å². The Kier molecular flexibility index (Phi) is 8.89. The molecule has 0 aromatic heterocycles. The minimum Gasteiger partial charge on any atom is -0.444 e. The Morgan fingerprint density at radius 3 is 2.29 bits per heavy atom. The summed E-state index contributed by atoms with van der Waals surface area (Å²) in [5, 5.41) is 2.23. The maximum absolute atomic E-state index is 11.8. The van der Waals surface area contributed by atoms with Crippen molar-refractivity contribution < 1.29 is 23.1 Å². The molecular formula is C12H27N2O5PS. The minimum absolute atomic E-state index is 0.274. The summed E-state index contributed by atoms with van der Waals surface area (Å²) >= 11 is 4.33. The first-order chi connectivity index (χ1) is 9.53. The van der Waals surface area contributed by atoms with Gasteiger partial charge in [0.1, 0.15) is 5.60 Å². The second-order valence-corrected chi connectivity index (χ2v) is 8.64. The van der Waals surface area contributed by atoms with Gasteiger partial charge < -0.3 is 24.8 Å². The molecule has 0 saturated heterocycles. The lowest BCUT2D eigenvalue weighted by Crippen LogP contribution is -2.49. The Labute approximate surface area is 132 Å². The molecule has 0 fully saturated rings. The van der Waals surface area contributed by atoms with E-state index in [2.05, 4.69) is 17.9 Å². The second-order valence-electron chi connectivity index (χ2n) is 5.58. The average Bonchev–Trinajstić information content (AvgIpc) is 2.35. The van der Waals surface area contributed by atoms with Gasteiger partial charge in [0.25, 0.3) is 0 Å². The highest BCUT2D eigenvalue weighted by molar-refractivity contribution is 7.81. The molecule has 0 rings (SSSR count). The van der Waals surface area contributed by atoms with Gasteiger partial charge in [0.15, 0.2) is 0 Å². The van der Waals surface area contributed by atoms with Gasteiger partial charge in [0.2, 0.25) is 0 Å². The minimum atomic E-state index is -3.01. The van der Waals surface area contributed by atoms with Crippen molar-refractivity contribution in [2.75, 3.05) is 20.4 Å². The van der Waals surface area contributed by atoms with Crippen LogP contribution in [0.3, 0.4) is 0 Å². The van der Waals surface area contributed by atoms with Crippen LogP contribution in [0, 0.1) is 0 Å². The molecule has 2 atom stereocenters. The van der Waals surface area contributed by atoms with Gasteiger partial charge in [-0.25, -0.2) is 4.79 Å². The third kappa shape index (κ3) is 9.37. The number of hydrogen-bond donors (Lipinski definition) is 3. The molecule has 0 bridgehead atoms. The first-order valence-electron chi connectivity index (χ1n) is 6.66. The Morgan fingerprint density at radius 2 is 1.86 bits per heavy atom. The third-order valence-electron chi connectivity index (χ3n) is 2.59. The highest BCUT2D eigenvalue weighted by Crippen LogP contribution is 2.47. The van der Waals surface area contributed by atoms with Crippen molar-refractivity contribution in [2.24, 2.45) is 5.73 Å². The number of amides is 1. The van der Waals surface area contributed by atoms with Crippen LogP contribution in [0.25, 0.3) is 0 Å². The quantitative estimate of drug-likeness (QED) is 0.356. The van der Waals surface area contributed by atoms with Gasteiger partial charge in [0.05, 0.1) is 12.3 Å². The Morgan fingerprint density at radius 1 is 1.33 bits per heavy atom. The predicted molar refractivity (Wildman–Crippen MR) is 85.8 cm³/mol. The SMILES string of the molecule is COP(=O)(CCCC(S)C(N)NC(=O)OC(C)(C)C)OC. The molecule has 2 unspecified atom stereocenters. The molecule has 126 valence electrons. The van der Waals surface area contributed by atoms with E-state index in [4.69, 9.17) is 19.5 Å². The number of alkyl carbamates (subject to hydrolysis) is 1. The standard InChI is InChI=1S/C12H27N2O5PS/c1-12(2,3)19-11(15)14-10(13)9(21)7-6-8-20(16,17-4)18-5/h9-10,21H,6-8,13H2,1-5H3,(H,14,15). The maximum atomic E-state index is 11.8. The van der Waals surface area contributed by atoms with Gasteiger partial charge >= 0.3 is 13.7 Å². The molecule has 7 nitrogen and oxygen atoms in total. The van der Waals surface area contributed by atoms with Gasteiger partial charge in [-0.2, -0.15) is 12.6 Å². The van der Waals surface area contributed by atoms with E-state index in [0.29, 0.717) is 12.8 Å². The van der Waals surface area contributed by atoms with Crippen molar-refractivity contribution in [1.29, 1.82) is 0 Å². The van der Waals surface area contributed by atoms with E-state index >= 15 is 0 Å². The predicted octanol–water partition coefficient (Wildman–Crippen LogP) is 2.36. The van der Waals surface area contributed by atoms with Crippen molar-refractivity contribution in [2.45, 2.75) is 50.6 Å². The molecule has 0 saturated carbocycles. The number of hydrogen-bond acceptors (Lipinski definition) is 7. The summed E-state index contributed by atoms with van der Waals surface area (Å²) in [7, 11) is -0.319. The summed E-state index contributed by atoms with van der Waals surface area (Å²) in [4.78, 5) is 11.6. The molecule has 3 N–H and O–H groups in total. The monoisotopic (exact) mass is 342 g/mol. The lowest BCUT2D eigenvalue weighted by atomic mass is 10.2. The van der Waals surface area contributed by atoms with E-state index in [1.807, 2.05) is 0 Å². The number of rotatable bonds is 8. The molecule has 0 aliphatic carbocycles. The fraction of sp³-hybridized carbons (Fsp3) is 0.917. The molecule has 1 amide bonds. The van der Waals surface area contributed by atoms with Gasteiger partial charge in [0, 0.05) is 19.5 Å². The Balaban J connectivity index is 4.14. The van der Waals surface area contributed by atoms with Crippen LogP contribution in [0.2, 0.25) is 0 Å². The normalized spacial score (nSPS) is 15.4. The first-order valence-corrected chi connectivity index (χ1v) is 8.91. The van der Waals surface area contributed by atoms with Crippen LogP contribution < -0.4 is 11.1 Å². The largest absolute Gasteiger partial charge is 0.444 e. The number of nitrogens with one attached hydrogen (secondary N) is 1. The van der Waals surface area contributed by atoms with E-state index in [1.54, 1.807) is 20.8 Å². The van der Waals surface area contributed by atoms with Crippen molar-refractivity contribution in [3.05, 3.63) is 0 Å². The fourth-order valence-corrected chi connectivity index (χ4v) is 2.81. The van der Waals surface area contributed by atoms with E-state index in [9.17, 15) is 9.36 Å². The highest BCUT2D eigenvalue weighted by Gasteiger charge is 2.24. The summed E-state index contributed by atoms with van der Waals surface area (Å²) in [5.74, 6) is 0. The molecule has 0 radical (unpaired) electrons. The van der Waals surface area contributed by atoms with Gasteiger partial charge in [-0.15, -0.1) is 0 Å². The van der Waals surface area contributed by atoms with E-state index in [1.165, 1.54) is 14.2 Å². The van der Waals surface area contributed by atoms with Crippen LogP contribution >= 0.6 is 20.2 Å². The number of ether oxygens (including phenoxy) is 1. The molecule has 0 heterocycles. The summed E-state index contributed by atoms with van der Waals surface area (Å²) in [6.45, 7) is 5.30. The van der Waals surface area contributed by atoms with Crippen molar-refractivity contribution in [3.8, 4) is 0 Å². The zero-order valence-corrected chi connectivity index (χ0v) is 15.1. The smallest absolute Gasteiger partial charge is 0.408 e. The van der Waals surface area contributed by atoms with Crippen LogP contribution in [-0.4, -0.2) is 43.5 Å². The lowest BCUT2D eigenvalue weighted by molar-refractivity contribution is 0.0504. The summed E-state index contributed by atoms with van der Waals surface area (Å²) in [6, 6.07) is 0. The average molecular weight is 342 g/mol. The zero-order chi connectivity index (χ0) is 16.7. The summed E-state index contributed by atoms with van der Waals surface area (Å²) in [5.41, 5.74) is 5.25. The van der Waals surface area contributed by atoms with E-state index in [-0.39, 0.29) is 11.4 Å². The van der Waals surface area contributed by atoms with Crippen molar-refractivity contribution >= 4 is 26.3 Å². The number of carbonyl (C=O) groups excluding carboxylic acids is 1. The van der Waals surface area contributed by atoms with E-state index in [0.717, 1.165) is 0 Å². The van der Waals surface area contributed by atoms with Gasteiger partial charge in [-0.3, -0.25) is 4.57 Å². The van der Waals surface area contributed by atoms with Crippen LogP contribution in [0.4, 0.5) is 4.79 Å². The fourth-order valence-electron chi connectivity index (χ4n) is 1.47. The van der Waals surface area contributed by atoms with Crippen LogP contribution in [0.15, 0.2) is 0 Å². The van der Waals surface area contributed by atoms with Gasteiger partial charge in [-0.05, 0) is 33.6 Å². The van der Waals surface area contributed by atoms with Crippen molar-refractivity contribution in [1.82, 2.24) is 5.32 Å². The highest BCUT2D eigenvalue weighted by atomic mass is 32.1. The Hall–Kier alpha value is -0.270. The molecule has 0 aliphatic heterocycles.